The van der Waals surface area contributed by atoms with Crippen molar-refractivity contribution in [3.63, 3.8) is 0 Å². The lowest BCUT2D eigenvalue weighted by Crippen LogP contribution is -2.26. The van der Waals surface area contributed by atoms with Gasteiger partial charge in [0.25, 0.3) is 0 Å². The standard InChI is InChI=1S/C9H15N3S/c10-7-1-3-12(5-7)6-9-8(11)2-4-13-9/h2,4,7H,1,3,5-6,10-11H2. The third kappa shape index (κ3) is 2.02. The van der Waals surface area contributed by atoms with E-state index < -0.39 is 0 Å². The molecule has 0 aliphatic carbocycles. The van der Waals surface area contributed by atoms with Gasteiger partial charge in [-0.15, -0.1) is 11.3 Å². The Morgan fingerprint density at radius 3 is 3.00 bits per heavy atom. The molecule has 0 saturated carbocycles. The molecule has 0 bridgehead atoms. The van der Waals surface area contributed by atoms with Crippen molar-refractivity contribution in [3.05, 3.63) is 16.3 Å². The average molecular weight is 197 g/mol. The fraction of sp³-hybridized carbons (Fsp3) is 0.556. The van der Waals surface area contributed by atoms with Crippen LogP contribution >= 0.6 is 11.3 Å². The van der Waals surface area contributed by atoms with Crippen molar-refractivity contribution >= 4 is 17.0 Å². The van der Waals surface area contributed by atoms with Crippen molar-refractivity contribution in [1.29, 1.82) is 0 Å². The maximum absolute atomic E-state index is 5.82. The summed E-state index contributed by atoms with van der Waals surface area (Å²) in [6.07, 6.45) is 1.12. The van der Waals surface area contributed by atoms with Gasteiger partial charge in [0.1, 0.15) is 0 Å². The van der Waals surface area contributed by atoms with Crippen LogP contribution in [0.4, 0.5) is 5.69 Å². The highest BCUT2D eigenvalue weighted by molar-refractivity contribution is 7.10. The van der Waals surface area contributed by atoms with E-state index in [1.54, 1.807) is 11.3 Å². The molecule has 72 valence electrons. The van der Waals surface area contributed by atoms with E-state index in [1.807, 2.05) is 11.4 Å². The van der Waals surface area contributed by atoms with Crippen molar-refractivity contribution < 1.29 is 0 Å². The zero-order chi connectivity index (χ0) is 9.26. The van der Waals surface area contributed by atoms with E-state index in [2.05, 4.69) is 4.90 Å². The Labute approximate surface area is 82.3 Å². The first-order valence-electron chi connectivity index (χ1n) is 4.55. The Bertz CT molecular complexity index is 284. The van der Waals surface area contributed by atoms with E-state index in [0.717, 1.165) is 31.7 Å². The predicted molar refractivity (Wildman–Crippen MR) is 56.6 cm³/mol. The molecule has 1 saturated heterocycles. The molecule has 0 radical (unpaired) electrons. The third-order valence-electron chi connectivity index (χ3n) is 2.46. The average Bonchev–Trinajstić information content (AvgIpc) is 2.64. The first-order chi connectivity index (χ1) is 6.25. The minimum atomic E-state index is 0.362. The molecule has 1 aliphatic rings. The Morgan fingerprint density at radius 2 is 2.46 bits per heavy atom. The summed E-state index contributed by atoms with van der Waals surface area (Å²) in [7, 11) is 0. The zero-order valence-corrected chi connectivity index (χ0v) is 8.39. The second-order valence-electron chi connectivity index (χ2n) is 3.58. The second-order valence-corrected chi connectivity index (χ2v) is 4.58. The number of nitrogens with two attached hydrogens (primary N) is 2. The minimum Gasteiger partial charge on any atom is -0.398 e. The van der Waals surface area contributed by atoms with Crippen LogP contribution in [0.1, 0.15) is 11.3 Å². The van der Waals surface area contributed by atoms with Crippen molar-refractivity contribution in [2.45, 2.75) is 19.0 Å². The van der Waals surface area contributed by atoms with Crippen molar-refractivity contribution in [1.82, 2.24) is 4.90 Å². The molecule has 13 heavy (non-hydrogen) atoms. The van der Waals surface area contributed by atoms with E-state index in [1.165, 1.54) is 4.88 Å². The van der Waals surface area contributed by atoms with Gasteiger partial charge in [-0.05, 0) is 17.9 Å². The summed E-state index contributed by atoms with van der Waals surface area (Å²) in [5.74, 6) is 0. The topological polar surface area (TPSA) is 55.3 Å². The molecule has 0 spiro atoms. The SMILES string of the molecule is Nc1ccsc1CN1CCC(N)C1. The maximum Gasteiger partial charge on any atom is 0.0468 e. The summed E-state index contributed by atoms with van der Waals surface area (Å²) in [6, 6.07) is 2.33. The van der Waals surface area contributed by atoms with E-state index in [9.17, 15) is 0 Å². The van der Waals surface area contributed by atoms with Gasteiger partial charge in [-0.25, -0.2) is 0 Å². The van der Waals surface area contributed by atoms with Crippen molar-refractivity contribution in [2.75, 3.05) is 18.8 Å². The van der Waals surface area contributed by atoms with Gasteiger partial charge in [-0.2, -0.15) is 0 Å². The number of likely N-dealkylation sites (tertiary alicyclic amines) is 1. The number of anilines is 1. The Kier molecular flexibility index (Phi) is 2.53. The van der Waals surface area contributed by atoms with E-state index in [-0.39, 0.29) is 0 Å². The largest absolute Gasteiger partial charge is 0.398 e. The van der Waals surface area contributed by atoms with Crippen LogP contribution in [-0.2, 0) is 6.54 Å². The second kappa shape index (κ2) is 3.65. The third-order valence-corrected chi connectivity index (χ3v) is 3.38. The first kappa shape index (κ1) is 8.99. The number of rotatable bonds is 2. The van der Waals surface area contributed by atoms with Gasteiger partial charge in [-0.3, -0.25) is 4.90 Å². The maximum atomic E-state index is 5.82. The molecule has 1 unspecified atom stereocenters. The van der Waals surface area contributed by atoms with Crippen LogP contribution in [0.25, 0.3) is 0 Å². The Balaban J connectivity index is 1.95. The zero-order valence-electron chi connectivity index (χ0n) is 7.57. The molecular weight excluding hydrogens is 182 g/mol. The highest BCUT2D eigenvalue weighted by atomic mass is 32.1. The number of hydrogen-bond acceptors (Lipinski definition) is 4. The number of nitrogen functional groups attached to an aromatic ring is 1. The fourth-order valence-electron chi connectivity index (χ4n) is 1.69. The monoisotopic (exact) mass is 197 g/mol. The molecule has 0 amide bonds. The van der Waals surface area contributed by atoms with Gasteiger partial charge < -0.3 is 11.5 Å². The summed E-state index contributed by atoms with van der Waals surface area (Å²) in [5.41, 5.74) is 12.6. The molecule has 4 N–H and O–H groups in total. The molecule has 1 fully saturated rings. The molecule has 1 aliphatic heterocycles. The van der Waals surface area contributed by atoms with E-state index in [4.69, 9.17) is 11.5 Å². The van der Waals surface area contributed by atoms with Gasteiger partial charge in [-0.1, -0.05) is 0 Å². The number of hydrogen-bond donors (Lipinski definition) is 2. The van der Waals surface area contributed by atoms with Gasteiger partial charge in [0.15, 0.2) is 0 Å². The van der Waals surface area contributed by atoms with Crippen LogP contribution in [0.2, 0.25) is 0 Å². The fourth-order valence-corrected chi connectivity index (χ4v) is 2.53. The van der Waals surface area contributed by atoms with Gasteiger partial charge in [0, 0.05) is 36.2 Å². The lowest BCUT2D eigenvalue weighted by molar-refractivity contribution is 0.330. The van der Waals surface area contributed by atoms with Crippen LogP contribution in [0.5, 0.6) is 0 Å². The van der Waals surface area contributed by atoms with Crippen LogP contribution < -0.4 is 11.5 Å². The molecule has 4 heteroatoms. The van der Waals surface area contributed by atoms with Gasteiger partial charge >= 0.3 is 0 Å². The summed E-state index contributed by atoms with van der Waals surface area (Å²) in [4.78, 5) is 3.64. The lowest BCUT2D eigenvalue weighted by atomic mass is 10.3. The summed E-state index contributed by atoms with van der Waals surface area (Å²) in [6.45, 7) is 3.09. The van der Waals surface area contributed by atoms with Gasteiger partial charge in [0.05, 0.1) is 0 Å². The molecule has 1 atom stereocenters. The van der Waals surface area contributed by atoms with Crippen molar-refractivity contribution in [2.24, 2.45) is 5.73 Å². The summed E-state index contributed by atoms with van der Waals surface area (Å²) in [5, 5.41) is 2.04. The molecule has 2 heterocycles. The molecule has 1 aromatic rings. The molecule has 1 aromatic heterocycles. The number of thiophene rings is 1. The summed E-state index contributed by atoms with van der Waals surface area (Å²) >= 11 is 1.73. The lowest BCUT2D eigenvalue weighted by Gasteiger charge is -2.13. The smallest absolute Gasteiger partial charge is 0.0468 e. The normalized spacial score (nSPS) is 23.9. The molecule has 0 aromatic carbocycles. The Hall–Kier alpha value is -0.580. The van der Waals surface area contributed by atoms with Crippen LogP contribution in [0, 0.1) is 0 Å². The highest BCUT2D eigenvalue weighted by Gasteiger charge is 2.19. The minimum absolute atomic E-state index is 0.362. The van der Waals surface area contributed by atoms with Crippen LogP contribution in [0.3, 0.4) is 0 Å². The number of nitrogens with zero attached hydrogens (tertiary/aromatic N) is 1. The molecule has 3 nitrogen and oxygen atoms in total. The van der Waals surface area contributed by atoms with Gasteiger partial charge in [0.2, 0.25) is 0 Å². The first-order valence-corrected chi connectivity index (χ1v) is 5.43. The quantitative estimate of drug-likeness (QED) is 0.739. The van der Waals surface area contributed by atoms with E-state index in [0.29, 0.717) is 6.04 Å². The van der Waals surface area contributed by atoms with Crippen molar-refractivity contribution in [3.8, 4) is 0 Å². The molecule has 2 rings (SSSR count). The Morgan fingerprint density at radius 1 is 1.62 bits per heavy atom. The predicted octanol–water partition coefficient (Wildman–Crippen LogP) is 0.863. The van der Waals surface area contributed by atoms with E-state index >= 15 is 0 Å². The van der Waals surface area contributed by atoms with Crippen LogP contribution in [0.15, 0.2) is 11.4 Å². The highest BCUT2D eigenvalue weighted by Crippen LogP contribution is 2.22. The molecular formula is C9H15N3S. The summed E-state index contributed by atoms with van der Waals surface area (Å²) < 4.78 is 0. The van der Waals surface area contributed by atoms with Crippen LogP contribution in [-0.4, -0.2) is 24.0 Å².